The van der Waals surface area contributed by atoms with E-state index < -0.39 is 17.7 Å². The highest BCUT2D eigenvalue weighted by atomic mass is 32.2. The molecule has 1 amide bonds. The van der Waals surface area contributed by atoms with Crippen molar-refractivity contribution >= 4 is 45.7 Å². The minimum atomic E-state index is -1.04. The van der Waals surface area contributed by atoms with Crippen LogP contribution in [0.4, 0.5) is 5.13 Å². The molecule has 12 heteroatoms. The summed E-state index contributed by atoms with van der Waals surface area (Å²) in [5.74, 6) is 0.462. The molecule has 2 aliphatic heterocycles. The highest BCUT2D eigenvalue weighted by Gasteiger charge is 2.48. The fraction of sp³-hybridized carbons (Fsp3) is 0.212. The van der Waals surface area contributed by atoms with Crippen LogP contribution >= 0.6 is 23.1 Å². The number of aliphatic hydroxyl groups excluding tert-OH is 1. The Balaban J connectivity index is 1.43. The summed E-state index contributed by atoms with van der Waals surface area (Å²) in [5, 5.41) is 20.5. The van der Waals surface area contributed by atoms with E-state index in [1.807, 2.05) is 37.3 Å². The second-order valence-electron chi connectivity index (χ2n) is 9.89. The van der Waals surface area contributed by atoms with Crippen LogP contribution in [-0.2, 0) is 15.3 Å². The molecule has 1 saturated heterocycles. The van der Waals surface area contributed by atoms with Gasteiger partial charge in [0.2, 0.25) is 5.13 Å². The molecule has 45 heavy (non-hydrogen) atoms. The van der Waals surface area contributed by atoms with Crippen molar-refractivity contribution in [2.75, 3.05) is 31.3 Å². The first-order chi connectivity index (χ1) is 22.0. The van der Waals surface area contributed by atoms with Crippen LogP contribution in [-0.4, -0.2) is 53.4 Å². The molecular weight excluding hydrogens is 615 g/mol. The van der Waals surface area contributed by atoms with Crippen molar-refractivity contribution in [2.24, 2.45) is 0 Å². The maximum Gasteiger partial charge on any atom is 0.301 e. The summed E-state index contributed by atoms with van der Waals surface area (Å²) in [4.78, 5) is 28.7. The van der Waals surface area contributed by atoms with Gasteiger partial charge in [-0.15, -0.1) is 10.2 Å². The zero-order valence-electron chi connectivity index (χ0n) is 24.3. The summed E-state index contributed by atoms with van der Waals surface area (Å²) >= 11 is 2.67. The van der Waals surface area contributed by atoms with E-state index in [2.05, 4.69) is 16.8 Å². The van der Waals surface area contributed by atoms with Gasteiger partial charge in [-0.05, 0) is 48.4 Å². The Hall–Kier alpha value is -4.81. The molecule has 1 fully saturated rings. The molecule has 10 nitrogen and oxygen atoms in total. The smallest absolute Gasteiger partial charge is 0.301 e. The van der Waals surface area contributed by atoms with E-state index in [0.29, 0.717) is 64.0 Å². The third-order valence-corrected chi connectivity index (χ3v) is 9.13. The largest absolute Gasteiger partial charge is 0.507 e. The van der Waals surface area contributed by atoms with Gasteiger partial charge in [0.05, 0.1) is 18.2 Å². The first kappa shape index (κ1) is 30.2. The lowest BCUT2D eigenvalue weighted by atomic mass is 9.95. The number of carbonyl (C=O) groups is 2. The predicted octanol–water partition coefficient (Wildman–Crippen LogP) is 6.19. The summed E-state index contributed by atoms with van der Waals surface area (Å²) in [6, 6.07) is 18.9. The van der Waals surface area contributed by atoms with Crippen LogP contribution in [0, 0.1) is 0 Å². The number of Topliss-reactive ketones (excluding diaryl/α,β-unsaturated/α-hetero) is 1. The van der Waals surface area contributed by atoms with Crippen LogP contribution in [0.15, 0.2) is 89.3 Å². The number of fused-ring (bicyclic) bond motifs is 1. The number of rotatable bonds is 11. The van der Waals surface area contributed by atoms with E-state index in [-0.39, 0.29) is 23.1 Å². The Morgan fingerprint density at radius 2 is 1.84 bits per heavy atom. The van der Waals surface area contributed by atoms with Crippen LogP contribution in [0.1, 0.15) is 29.7 Å². The molecule has 1 aromatic heterocycles. The van der Waals surface area contributed by atoms with Gasteiger partial charge in [0, 0.05) is 11.3 Å². The number of carbonyl (C=O) groups excluding carboxylic acids is 2. The van der Waals surface area contributed by atoms with Crippen LogP contribution < -0.4 is 23.8 Å². The second kappa shape index (κ2) is 13.4. The Labute approximate surface area is 267 Å². The number of hydrogen-bond donors (Lipinski definition) is 1. The fourth-order valence-electron chi connectivity index (χ4n) is 5.00. The molecular formula is C33H29N3O7S2. The Kier molecular flexibility index (Phi) is 9.03. The van der Waals surface area contributed by atoms with Gasteiger partial charge in [0.1, 0.15) is 25.6 Å². The van der Waals surface area contributed by atoms with Gasteiger partial charge in [-0.25, -0.2) is 0 Å². The number of nitrogens with zero attached hydrogens (tertiary/aromatic N) is 3. The number of thioether (sulfide) groups is 1. The summed E-state index contributed by atoms with van der Waals surface area (Å²) in [7, 11) is 0. The maximum atomic E-state index is 13.7. The number of aliphatic hydroxyl groups is 1. The highest BCUT2D eigenvalue weighted by molar-refractivity contribution is 8.00. The van der Waals surface area contributed by atoms with E-state index in [4.69, 9.17) is 18.9 Å². The summed E-state index contributed by atoms with van der Waals surface area (Å²) in [5.41, 5.74) is 1.82. The number of ketones is 1. The van der Waals surface area contributed by atoms with Crippen LogP contribution in [0.2, 0.25) is 0 Å². The van der Waals surface area contributed by atoms with Gasteiger partial charge in [-0.1, -0.05) is 72.2 Å². The molecule has 1 N–H and O–H groups in total. The third kappa shape index (κ3) is 6.24. The van der Waals surface area contributed by atoms with Crippen LogP contribution in [0.25, 0.3) is 5.76 Å². The molecule has 0 bridgehead atoms. The average molecular weight is 644 g/mol. The first-order valence-electron chi connectivity index (χ1n) is 14.2. The molecule has 2 aliphatic rings. The van der Waals surface area contributed by atoms with Crippen molar-refractivity contribution < 1.29 is 33.6 Å². The molecule has 0 radical (unpaired) electrons. The van der Waals surface area contributed by atoms with Gasteiger partial charge in [-0.2, -0.15) is 0 Å². The highest BCUT2D eigenvalue weighted by Crippen LogP contribution is 2.46. The molecule has 230 valence electrons. The van der Waals surface area contributed by atoms with Crippen LogP contribution in [0.5, 0.6) is 23.0 Å². The normalized spacial score (nSPS) is 16.9. The predicted molar refractivity (Wildman–Crippen MR) is 171 cm³/mol. The second-order valence-corrected chi connectivity index (χ2v) is 12.1. The number of aromatic nitrogens is 2. The SMILES string of the molecule is C=CCOc1ccc([C@H]2/C(=C(\O)c3ccc4c(c3)OCCO4)C(=O)C(=O)N2c2nnc(SCc3ccccc3)s2)cc1OCC. The van der Waals surface area contributed by atoms with E-state index in [1.165, 1.54) is 28.0 Å². The minimum absolute atomic E-state index is 0.104. The lowest BCUT2D eigenvalue weighted by Gasteiger charge is -2.24. The molecule has 3 aromatic carbocycles. The molecule has 6 rings (SSSR count). The summed E-state index contributed by atoms with van der Waals surface area (Å²) < 4.78 is 23.6. The molecule has 0 unspecified atom stereocenters. The van der Waals surface area contributed by atoms with E-state index in [9.17, 15) is 14.7 Å². The van der Waals surface area contributed by atoms with Crippen molar-refractivity contribution in [3.8, 4) is 23.0 Å². The summed E-state index contributed by atoms with van der Waals surface area (Å²) in [6.07, 6.45) is 1.62. The lowest BCUT2D eigenvalue weighted by Crippen LogP contribution is -2.29. The van der Waals surface area contributed by atoms with Gasteiger partial charge >= 0.3 is 5.91 Å². The monoisotopic (exact) mass is 643 g/mol. The number of benzene rings is 3. The lowest BCUT2D eigenvalue weighted by molar-refractivity contribution is -0.132. The van der Waals surface area contributed by atoms with Crippen LogP contribution in [0.3, 0.4) is 0 Å². The fourth-order valence-corrected chi connectivity index (χ4v) is 6.82. The molecule has 0 saturated carbocycles. The van der Waals surface area contributed by atoms with Crippen molar-refractivity contribution in [3.05, 3.63) is 102 Å². The van der Waals surface area contributed by atoms with Gasteiger partial charge in [0.15, 0.2) is 27.3 Å². The van der Waals surface area contributed by atoms with E-state index in [1.54, 1.807) is 42.5 Å². The zero-order valence-corrected chi connectivity index (χ0v) is 25.9. The van der Waals surface area contributed by atoms with Gasteiger partial charge in [-0.3, -0.25) is 14.5 Å². The average Bonchev–Trinajstić information content (AvgIpc) is 3.64. The van der Waals surface area contributed by atoms with Crippen molar-refractivity contribution in [1.82, 2.24) is 10.2 Å². The molecule has 1 atom stereocenters. The maximum absolute atomic E-state index is 13.7. The summed E-state index contributed by atoms with van der Waals surface area (Å²) in [6.45, 7) is 6.91. The van der Waals surface area contributed by atoms with Crippen molar-refractivity contribution in [3.63, 3.8) is 0 Å². The van der Waals surface area contributed by atoms with E-state index >= 15 is 0 Å². The first-order valence-corrected chi connectivity index (χ1v) is 16.0. The Morgan fingerprint density at radius 1 is 1.04 bits per heavy atom. The minimum Gasteiger partial charge on any atom is -0.507 e. The topological polar surface area (TPSA) is 120 Å². The number of hydrogen-bond acceptors (Lipinski definition) is 11. The van der Waals surface area contributed by atoms with Gasteiger partial charge < -0.3 is 24.1 Å². The quantitative estimate of drug-likeness (QED) is 0.0506. The molecule has 3 heterocycles. The Bertz CT molecular complexity index is 1770. The Morgan fingerprint density at radius 3 is 2.62 bits per heavy atom. The number of amides is 1. The number of anilines is 1. The molecule has 4 aromatic rings. The van der Waals surface area contributed by atoms with Crippen molar-refractivity contribution in [1.29, 1.82) is 0 Å². The van der Waals surface area contributed by atoms with Crippen molar-refractivity contribution in [2.45, 2.75) is 23.1 Å². The molecule has 0 aliphatic carbocycles. The third-order valence-electron chi connectivity index (χ3n) is 7.01. The number of ether oxygens (including phenoxy) is 4. The standard InChI is InChI=1S/C33H29N3O7S2/c1-3-14-41-23-12-10-21(17-25(23)40-4-2)28-27(29(37)22-11-13-24-26(18-22)43-16-15-42-24)30(38)31(39)36(28)32-34-35-33(45-32)44-19-20-8-6-5-7-9-20/h3,5-13,17-18,28,37H,1,4,14-16,19H2,2H3/b29-27+/t28-/m0/s1. The van der Waals surface area contributed by atoms with E-state index in [0.717, 1.165) is 5.56 Å². The van der Waals surface area contributed by atoms with Gasteiger partial charge in [0.25, 0.3) is 5.78 Å². The zero-order chi connectivity index (χ0) is 31.3. The molecule has 0 spiro atoms.